The van der Waals surface area contributed by atoms with E-state index in [4.69, 9.17) is 28.6 Å². The second-order valence-corrected chi connectivity index (χ2v) is 9.29. The summed E-state index contributed by atoms with van der Waals surface area (Å²) >= 11 is 12.5. The number of likely N-dealkylation sites (tertiary alicyclic amines) is 1. The molecule has 176 valence electrons. The summed E-state index contributed by atoms with van der Waals surface area (Å²) in [5.74, 6) is 0.158. The monoisotopic (exact) mass is 495 g/mol. The van der Waals surface area contributed by atoms with Gasteiger partial charge in [0.05, 0.1) is 16.1 Å². The third-order valence-electron chi connectivity index (χ3n) is 5.91. The van der Waals surface area contributed by atoms with Gasteiger partial charge in [0.1, 0.15) is 5.82 Å². The molecule has 3 aromatic rings. The maximum atomic E-state index is 12.8. The molecule has 0 radical (unpaired) electrons. The summed E-state index contributed by atoms with van der Waals surface area (Å²) in [7, 11) is 0. The van der Waals surface area contributed by atoms with Gasteiger partial charge in [0, 0.05) is 48.3 Å². The molecule has 0 spiro atoms. The van der Waals surface area contributed by atoms with E-state index in [1.54, 1.807) is 31.2 Å². The van der Waals surface area contributed by atoms with Gasteiger partial charge in [-0.25, -0.2) is 4.98 Å². The van der Waals surface area contributed by atoms with Gasteiger partial charge in [0.25, 0.3) is 5.91 Å². The number of halogens is 2. The van der Waals surface area contributed by atoms with Gasteiger partial charge in [-0.2, -0.15) is 0 Å². The molecule has 0 unspecified atom stereocenters. The number of amides is 1. The normalized spacial score (nSPS) is 14.6. The summed E-state index contributed by atoms with van der Waals surface area (Å²) in [6, 6.07) is 17.5. The van der Waals surface area contributed by atoms with Crippen molar-refractivity contribution in [2.24, 2.45) is 0 Å². The van der Waals surface area contributed by atoms with E-state index in [1.165, 1.54) is 11.8 Å². The number of hydrogen-bond donors (Lipinski definition) is 3. The Balaban J connectivity index is 1.43. The van der Waals surface area contributed by atoms with Crippen molar-refractivity contribution in [2.45, 2.75) is 32.4 Å². The number of hydrogen-bond acceptors (Lipinski definition) is 5. The summed E-state index contributed by atoms with van der Waals surface area (Å²) in [6.45, 7) is 4.54. The molecule has 2 heterocycles. The molecular formula is C26H27Cl2N5O. The van der Waals surface area contributed by atoms with Crippen LogP contribution < -0.4 is 10.6 Å². The van der Waals surface area contributed by atoms with E-state index in [9.17, 15) is 4.79 Å². The standard InChI is InChI=1S/C26H27Cl2N5O/c1-17(29)23-24(28)22(26(34)32-20-9-7-19(27)8-10-20)15-30-25(23)31-21-11-13-33(14-12-21)16-18-5-3-2-4-6-18/h2-10,15,21,29H,11-14,16H2,1H3,(H,30,31)(H,32,34). The molecule has 34 heavy (non-hydrogen) atoms. The maximum Gasteiger partial charge on any atom is 0.258 e. The SMILES string of the molecule is CC(=N)c1c(NC2CCN(Cc3ccccc3)CC2)ncc(C(=O)Nc2ccc(Cl)cc2)c1Cl. The van der Waals surface area contributed by atoms with Crippen LogP contribution in [0.2, 0.25) is 10.0 Å². The van der Waals surface area contributed by atoms with Gasteiger partial charge in [-0.15, -0.1) is 0 Å². The van der Waals surface area contributed by atoms with Crippen LogP contribution in [0.25, 0.3) is 0 Å². The van der Waals surface area contributed by atoms with Gasteiger partial charge in [-0.1, -0.05) is 53.5 Å². The minimum atomic E-state index is -0.386. The highest BCUT2D eigenvalue weighted by atomic mass is 35.5. The third kappa shape index (κ3) is 5.95. The second kappa shape index (κ2) is 11.0. The second-order valence-electron chi connectivity index (χ2n) is 8.48. The molecule has 1 aliphatic rings. The molecular weight excluding hydrogens is 469 g/mol. The Hall–Kier alpha value is -2.93. The summed E-state index contributed by atoms with van der Waals surface area (Å²) in [5.41, 5.74) is 2.85. The van der Waals surface area contributed by atoms with Crippen molar-refractivity contribution in [3.8, 4) is 0 Å². The van der Waals surface area contributed by atoms with Gasteiger partial charge in [0.2, 0.25) is 0 Å². The lowest BCUT2D eigenvalue weighted by molar-refractivity contribution is 0.102. The number of carbonyl (C=O) groups is 1. The van der Waals surface area contributed by atoms with Crippen LogP contribution in [0.15, 0.2) is 60.8 Å². The fraction of sp³-hybridized carbons (Fsp3) is 0.269. The van der Waals surface area contributed by atoms with E-state index in [2.05, 4.69) is 44.8 Å². The first-order valence-electron chi connectivity index (χ1n) is 11.2. The number of pyridine rings is 1. The van der Waals surface area contributed by atoms with E-state index in [1.807, 2.05) is 6.07 Å². The minimum absolute atomic E-state index is 0.220. The van der Waals surface area contributed by atoms with Crippen LogP contribution in [0.5, 0.6) is 0 Å². The molecule has 1 aromatic heterocycles. The number of anilines is 2. The Bertz CT molecular complexity index is 1160. The quantitative estimate of drug-likeness (QED) is 0.345. The fourth-order valence-corrected chi connectivity index (χ4v) is 4.59. The Morgan fingerprint density at radius 3 is 2.41 bits per heavy atom. The van der Waals surface area contributed by atoms with Crippen molar-refractivity contribution >= 4 is 46.3 Å². The molecule has 0 saturated carbocycles. The highest BCUT2D eigenvalue weighted by Crippen LogP contribution is 2.29. The summed E-state index contributed by atoms with van der Waals surface area (Å²) in [6.07, 6.45) is 3.38. The van der Waals surface area contributed by atoms with Crippen molar-refractivity contribution in [1.82, 2.24) is 9.88 Å². The zero-order valence-electron chi connectivity index (χ0n) is 18.9. The molecule has 1 amide bonds. The number of piperidine rings is 1. The predicted octanol–water partition coefficient (Wildman–Crippen LogP) is 6.10. The largest absolute Gasteiger partial charge is 0.367 e. The van der Waals surface area contributed by atoms with Crippen molar-refractivity contribution in [1.29, 1.82) is 5.41 Å². The van der Waals surface area contributed by atoms with Gasteiger partial charge in [0.15, 0.2) is 0 Å². The van der Waals surface area contributed by atoms with Gasteiger partial charge < -0.3 is 16.0 Å². The molecule has 1 fully saturated rings. The van der Waals surface area contributed by atoms with E-state index in [-0.39, 0.29) is 28.2 Å². The van der Waals surface area contributed by atoms with Crippen LogP contribution in [0, 0.1) is 5.41 Å². The zero-order chi connectivity index (χ0) is 24.1. The molecule has 0 aliphatic carbocycles. The number of nitrogens with zero attached hydrogens (tertiary/aromatic N) is 2. The molecule has 1 aliphatic heterocycles. The van der Waals surface area contributed by atoms with Crippen molar-refractivity contribution in [3.05, 3.63) is 87.5 Å². The lowest BCUT2D eigenvalue weighted by Crippen LogP contribution is -2.39. The molecule has 0 atom stereocenters. The molecule has 0 bridgehead atoms. The summed E-state index contributed by atoms with van der Waals surface area (Å²) < 4.78 is 0. The lowest BCUT2D eigenvalue weighted by Gasteiger charge is -2.33. The smallest absolute Gasteiger partial charge is 0.258 e. The third-order valence-corrected chi connectivity index (χ3v) is 6.56. The van der Waals surface area contributed by atoms with Gasteiger partial charge in [-0.05, 0) is 49.6 Å². The van der Waals surface area contributed by atoms with Crippen LogP contribution >= 0.6 is 23.2 Å². The van der Waals surface area contributed by atoms with Crippen LogP contribution in [0.3, 0.4) is 0 Å². The van der Waals surface area contributed by atoms with Crippen LogP contribution in [-0.2, 0) is 6.54 Å². The highest BCUT2D eigenvalue weighted by Gasteiger charge is 2.24. The zero-order valence-corrected chi connectivity index (χ0v) is 20.5. The Kier molecular flexibility index (Phi) is 7.83. The fourth-order valence-electron chi connectivity index (χ4n) is 4.10. The first kappa shape index (κ1) is 24.2. The first-order chi connectivity index (χ1) is 16.4. The molecule has 4 rings (SSSR count). The summed E-state index contributed by atoms with van der Waals surface area (Å²) in [5, 5.41) is 15.3. The Morgan fingerprint density at radius 1 is 1.09 bits per heavy atom. The molecule has 6 nitrogen and oxygen atoms in total. The van der Waals surface area contributed by atoms with E-state index in [0.29, 0.717) is 22.1 Å². The molecule has 1 saturated heterocycles. The van der Waals surface area contributed by atoms with Crippen molar-refractivity contribution < 1.29 is 4.79 Å². The molecule has 8 heteroatoms. The number of rotatable bonds is 7. The predicted molar refractivity (Wildman–Crippen MR) is 140 cm³/mol. The van der Waals surface area contributed by atoms with Gasteiger partial charge in [-0.3, -0.25) is 9.69 Å². The Labute approximate surface area is 209 Å². The van der Waals surface area contributed by atoms with Crippen molar-refractivity contribution in [2.75, 3.05) is 23.7 Å². The topological polar surface area (TPSA) is 81.1 Å². The number of carbonyl (C=O) groups excluding carboxylic acids is 1. The minimum Gasteiger partial charge on any atom is -0.367 e. The average Bonchev–Trinajstić information content (AvgIpc) is 2.82. The number of benzene rings is 2. The van der Waals surface area contributed by atoms with Crippen LogP contribution in [0.1, 0.15) is 41.3 Å². The van der Waals surface area contributed by atoms with E-state index >= 15 is 0 Å². The lowest BCUT2D eigenvalue weighted by atomic mass is 10.0. The van der Waals surface area contributed by atoms with E-state index in [0.717, 1.165) is 32.5 Å². The summed E-state index contributed by atoms with van der Waals surface area (Å²) in [4.78, 5) is 19.7. The molecule has 3 N–H and O–H groups in total. The van der Waals surface area contributed by atoms with Crippen molar-refractivity contribution in [3.63, 3.8) is 0 Å². The van der Waals surface area contributed by atoms with Crippen LogP contribution in [-0.4, -0.2) is 40.6 Å². The maximum absolute atomic E-state index is 12.8. The highest BCUT2D eigenvalue weighted by molar-refractivity contribution is 6.38. The molecule has 2 aromatic carbocycles. The first-order valence-corrected chi connectivity index (χ1v) is 12.0. The average molecular weight is 496 g/mol. The number of nitrogens with one attached hydrogen (secondary N) is 3. The van der Waals surface area contributed by atoms with E-state index < -0.39 is 0 Å². The number of aromatic nitrogens is 1. The Morgan fingerprint density at radius 2 is 1.76 bits per heavy atom. The van der Waals surface area contributed by atoms with Crippen LogP contribution in [0.4, 0.5) is 11.5 Å². The van der Waals surface area contributed by atoms with Gasteiger partial charge >= 0.3 is 0 Å².